The van der Waals surface area contributed by atoms with E-state index >= 15 is 0 Å². The van der Waals surface area contributed by atoms with Crippen LogP contribution in [0.2, 0.25) is 0 Å². The molecule has 2 aliphatic heterocycles. The van der Waals surface area contributed by atoms with Crippen molar-refractivity contribution < 1.29 is 13.2 Å². The third-order valence-corrected chi connectivity index (χ3v) is 6.53. The minimum atomic E-state index is -3.56. The third kappa shape index (κ3) is 3.32. The molecule has 2 atom stereocenters. The Morgan fingerprint density at radius 3 is 2.76 bits per heavy atom. The molecule has 2 aromatic carbocycles. The number of nitrogens with zero attached hydrogens (tertiary/aromatic N) is 1. The number of anilines is 1. The Labute approximate surface area is 147 Å². The van der Waals surface area contributed by atoms with E-state index in [4.69, 9.17) is 0 Å². The summed E-state index contributed by atoms with van der Waals surface area (Å²) in [5, 5.41) is 3.29. The zero-order valence-electron chi connectivity index (χ0n) is 13.7. The standard InChI is InChI=1S/C18H20FN3O2S/c19-15-7-5-14(6-8-15)11-22-10-9-18(13-22)12-20-16-3-1-2-4-17(16)25(23,24)21-18/h1-8,20H,9-13H2,(H-,21,23,24). The van der Waals surface area contributed by atoms with Crippen LogP contribution in [0.1, 0.15) is 12.0 Å². The molecular weight excluding hydrogens is 341 g/mol. The minimum Gasteiger partial charge on any atom is -0.593 e. The van der Waals surface area contributed by atoms with Crippen LogP contribution in [0.5, 0.6) is 0 Å². The SMILES string of the molecule is O=[S+]1([O-])NC2(CCN(Cc3ccc(F)cc3)C2)CNc2ccccc21. The van der Waals surface area contributed by atoms with E-state index in [-0.39, 0.29) is 5.82 Å². The van der Waals surface area contributed by atoms with Gasteiger partial charge < -0.3 is 9.87 Å². The van der Waals surface area contributed by atoms with E-state index in [1.807, 2.05) is 6.07 Å². The maximum Gasteiger partial charge on any atom is 0.198 e. The van der Waals surface area contributed by atoms with Gasteiger partial charge in [0.1, 0.15) is 5.82 Å². The first-order chi connectivity index (χ1) is 12.0. The van der Waals surface area contributed by atoms with Crippen LogP contribution in [0.25, 0.3) is 0 Å². The van der Waals surface area contributed by atoms with Gasteiger partial charge in [0.15, 0.2) is 15.3 Å². The number of benzene rings is 2. The molecule has 0 radical (unpaired) electrons. The second-order valence-corrected chi connectivity index (χ2v) is 8.47. The summed E-state index contributed by atoms with van der Waals surface area (Å²) >= 11 is 0. The fraction of sp³-hybridized carbons (Fsp3) is 0.333. The molecule has 0 bridgehead atoms. The number of fused-ring (bicyclic) bond motifs is 1. The molecule has 2 heterocycles. The number of hydrogen-bond donors (Lipinski definition) is 2. The topological polar surface area (TPSA) is 67.4 Å². The number of para-hydroxylation sites is 1. The van der Waals surface area contributed by atoms with Crippen molar-refractivity contribution in [3.8, 4) is 0 Å². The number of likely N-dealkylation sites (tertiary alicyclic amines) is 1. The third-order valence-electron chi connectivity index (χ3n) is 4.90. The van der Waals surface area contributed by atoms with E-state index in [1.54, 1.807) is 30.3 Å². The molecule has 2 aliphatic rings. The van der Waals surface area contributed by atoms with Crippen LogP contribution in [-0.4, -0.2) is 34.6 Å². The van der Waals surface area contributed by atoms with Crippen molar-refractivity contribution in [2.24, 2.45) is 0 Å². The van der Waals surface area contributed by atoms with Gasteiger partial charge in [-0.1, -0.05) is 28.5 Å². The van der Waals surface area contributed by atoms with Crippen LogP contribution in [0.4, 0.5) is 10.1 Å². The number of nitrogens with one attached hydrogen (secondary N) is 2. The number of halogens is 1. The molecule has 1 saturated heterocycles. The average molecular weight is 361 g/mol. The summed E-state index contributed by atoms with van der Waals surface area (Å²) in [6.45, 7) is 2.63. The van der Waals surface area contributed by atoms with Crippen molar-refractivity contribution >= 4 is 16.1 Å². The molecule has 2 unspecified atom stereocenters. The summed E-state index contributed by atoms with van der Waals surface area (Å²) < 4.78 is 41.5. The molecule has 5 nitrogen and oxygen atoms in total. The van der Waals surface area contributed by atoms with Crippen LogP contribution < -0.4 is 10.0 Å². The van der Waals surface area contributed by atoms with E-state index in [0.717, 1.165) is 18.5 Å². The molecule has 1 fully saturated rings. The molecule has 132 valence electrons. The van der Waals surface area contributed by atoms with E-state index < -0.39 is 15.9 Å². The molecule has 0 amide bonds. The minimum absolute atomic E-state index is 0.250. The Bertz CT molecular complexity index is 829. The monoisotopic (exact) mass is 361 g/mol. The smallest absolute Gasteiger partial charge is 0.198 e. The maximum atomic E-state index is 13.0. The van der Waals surface area contributed by atoms with Gasteiger partial charge in [0.05, 0.1) is 11.2 Å². The van der Waals surface area contributed by atoms with E-state index in [0.29, 0.717) is 30.2 Å². The Morgan fingerprint density at radius 1 is 1.20 bits per heavy atom. The average Bonchev–Trinajstić information content (AvgIpc) is 2.92. The molecule has 4 rings (SSSR count). The van der Waals surface area contributed by atoms with Gasteiger partial charge in [-0.2, -0.15) is 0 Å². The summed E-state index contributed by atoms with van der Waals surface area (Å²) in [7, 11) is -3.56. The van der Waals surface area contributed by atoms with Gasteiger partial charge in [-0.15, -0.1) is 4.72 Å². The molecular formula is C18H20FN3O2S. The molecule has 0 aliphatic carbocycles. The number of hydrogen-bond acceptors (Lipinski definition) is 4. The largest absolute Gasteiger partial charge is 0.593 e. The molecule has 0 saturated carbocycles. The zero-order chi connectivity index (χ0) is 17.5. The summed E-state index contributed by atoms with van der Waals surface area (Å²) in [6.07, 6.45) is 0.731. The number of sulfonamides is 1. The molecule has 0 aromatic heterocycles. The molecule has 7 heteroatoms. The summed E-state index contributed by atoms with van der Waals surface area (Å²) in [4.78, 5) is 2.50. The van der Waals surface area contributed by atoms with Gasteiger partial charge >= 0.3 is 0 Å². The lowest BCUT2D eigenvalue weighted by Crippen LogP contribution is -2.55. The van der Waals surface area contributed by atoms with Crippen LogP contribution >= 0.6 is 0 Å². The first-order valence-electron chi connectivity index (χ1n) is 8.30. The van der Waals surface area contributed by atoms with Gasteiger partial charge in [-0.25, -0.2) is 4.39 Å². The number of rotatable bonds is 2. The van der Waals surface area contributed by atoms with Crippen LogP contribution in [-0.2, 0) is 21.2 Å². The van der Waals surface area contributed by atoms with E-state index in [2.05, 4.69) is 14.9 Å². The van der Waals surface area contributed by atoms with Crippen molar-refractivity contribution in [1.29, 1.82) is 0 Å². The van der Waals surface area contributed by atoms with Gasteiger partial charge in [0.25, 0.3) is 0 Å². The second kappa shape index (κ2) is 6.17. The van der Waals surface area contributed by atoms with E-state index in [9.17, 15) is 13.2 Å². The zero-order valence-corrected chi connectivity index (χ0v) is 14.5. The van der Waals surface area contributed by atoms with E-state index in [1.165, 1.54) is 12.1 Å². The van der Waals surface area contributed by atoms with Gasteiger partial charge in [-0.3, -0.25) is 4.90 Å². The first-order valence-corrected chi connectivity index (χ1v) is 9.78. The van der Waals surface area contributed by atoms with Crippen LogP contribution in [0.15, 0.2) is 53.4 Å². The lowest BCUT2D eigenvalue weighted by molar-refractivity contribution is 0.296. The Hall–Kier alpha value is -1.80. The highest BCUT2D eigenvalue weighted by Gasteiger charge is 2.46. The fourth-order valence-corrected chi connectivity index (χ4v) is 5.26. The van der Waals surface area contributed by atoms with Crippen molar-refractivity contribution in [3.63, 3.8) is 0 Å². The highest BCUT2D eigenvalue weighted by Crippen LogP contribution is 2.33. The highest BCUT2D eigenvalue weighted by atomic mass is 32.3. The lowest BCUT2D eigenvalue weighted by atomic mass is 10.00. The quantitative estimate of drug-likeness (QED) is 0.806. The van der Waals surface area contributed by atoms with Crippen molar-refractivity contribution in [2.45, 2.75) is 23.4 Å². The molecule has 2 aromatic rings. The van der Waals surface area contributed by atoms with Crippen molar-refractivity contribution in [1.82, 2.24) is 9.62 Å². The fourth-order valence-electron chi connectivity index (χ4n) is 3.66. The second-order valence-electron chi connectivity index (χ2n) is 6.82. The van der Waals surface area contributed by atoms with Gasteiger partial charge in [-0.05, 0) is 36.2 Å². The summed E-state index contributed by atoms with van der Waals surface area (Å²) in [5.41, 5.74) is 1.13. The molecule has 1 spiro atoms. The molecule has 2 N–H and O–H groups in total. The Morgan fingerprint density at radius 2 is 1.96 bits per heavy atom. The first kappa shape index (κ1) is 16.7. The van der Waals surface area contributed by atoms with Gasteiger partial charge in [0.2, 0.25) is 0 Å². The van der Waals surface area contributed by atoms with Crippen LogP contribution in [0, 0.1) is 5.82 Å². The van der Waals surface area contributed by atoms with Crippen molar-refractivity contribution in [2.75, 3.05) is 25.0 Å². The Balaban J connectivity index is 1.52. The molecule has 25 heavy (non-hydrogen) atoms. The van der Waals surface area contributed by atoms with Gasteiger partial charge in [0, 0.05) is 26.2 Å². The normalized spacial score (nSPS) is 29.2. The summed E-state index contributed by atoms with van der Waals surface area (Å²) in [5.74, 6) is -0.250. The van der Waals surface area contributed by atoms with Crippen LogP contribution in [0.3, 0.4) is 0 Å². The maximum absolute atomic E-state index is 13.0. The van der Waals surface area contributed by atoms with Crippen molar-refractivity contribution in [3.05, 3.63) is 59.9 Å². The Kier molecular flexibility index (Phi) is 4.11. The highest BCUT2D eigenvalue weighted by molar-refractivity contribution is 7.96. The summed E-state index contributed by atoms with van der Waals surface area (Å²) in [6, 6.07) is 13.4. The predicted molar refractivity (Wildman–Crippen MR) is 94.2 cm³/mol. The lowest BCUT2D eigenvalue weighted by Gasteiger charge is -2.29. The predicted octanol–water partition coefficient (Wildman–Crippen LogP) is 2.39.